The second kappa shape index (κ2) is 8.69. The number of fused-ring (bicyclic) bond motifs is 1. The molecule has 2 fully saturated rings. The Kier molecular flexibility index (Phi) is 5.61. The van der Waals surface area contributed by atoms with Crippen LogP contribution >= 0.6 is 11.6 Å². The van der Waals surface area contributed by atoms with Crippen LogP contribution in [0.15, 0.2) is 59.8 Å². The Hall–Kier alpha value is -2.90. The minimum atomic E-state index is -0.174. The molecule has 2 atom stereocenters. The van der Waals surface area contributed by atoms with Crippen LogP contribution in [-0.4, -0.2) is 40.2 Å². The first-order chi connectivity index (χ1) is 15.2. The van der Waals surface area contributed by atoms with E-state index in [2.05, 4.69) is 20.2 Å². The van der Waals surface area contributed by atoms with E-state index in [1.165, 1.54) is 18.9 Å². The molecular formula is C23H24ClN5O2. The van der Waals surface area contributed by atoms with Gasteiger partial charge in [-0.2, -0.15) is 0 Å². The number of pyridine rings is 3. The van der Waals surface area contributed by atoms with E-state index in [9.17, 15) is 4.79 Å². The Morgan fingerprint density at radius 1 is 1.13 bits per heavy atom. The van der Waals surface area contributed by atoms with Gasteiger partial charge in [0, 0.05) is 37.6 Å². The highest BCUT2D eigenvalue weighted by molar-refractivity contribution is 6.30. The highest BCUT2D eigenvalue weighted by Gasteiger charge is 2.32. The summed E-state index contributed by atoms with van der Waals surface area (Å²) in [7, 11) is 0. The number of piperidine rings is 1. The fourth-order valence-electron chi connectivity index (χ4n) is 4.36. The lowest BCUT2D eigenvalue weighted by Gasteiger charge is -2.35. The summed E-state index contributed by atoms with van der Waals surface area (Å²) in [5.41, 5.74) is 1.30. The fourth-order valence-corrected chi connectivity index (χ4v) is 4.47. The van der Waals surface area contributed by atoms with Gasteiger partial charge in [-0.3, -0.25) is 14.3 Å². The van der Waals surface area contributed by atoms with Crippen molar-refractivity contribution in [2.75, 3.05) is 24.5 Å². The van der Waals surface area contributed by atoms with Crippen molar-refractivity contribution in [3.63, 3.8) is 0 Å². The molecule has 7 nitrogen and oxygen atoms in total. The molecule has 160 valence electrons. The van der Waals surface area contributed by atoms with Crippen LogP contribution < -0.4 is 20.5 Å². The maximum absolute atomic E-state index is 12.6. The van der Waals surface area contributed by atoms with Gasteiger partial charge in [0.05, 0.1) is 22.6 Å². The van der Waals surface area contributed by atoms with Gasteiger partial charge in [-0.05, 0) is 55.6 Å². The number of ether oxygens (including phenoxy) is 1. The second-order valence-corrected chi connectivity index (χ2v) is 8.48. The van der Waals surface area contributed by atoms with Crippen molar-refractivity contribution in [1.29, 1.82) is 0 Å². The van der Waals surface area contributed by atoms with Gasteiger partial charge in [-0.25, -0.2) is 4.98 Å². The number of hydrogen-bond acceptors (Lipinski definition) is 6. The van der Waals surface area contributed by atoms with Crippen LogP contribution in [0.25, 0.3) is 5.69 Å². The monoisotopic (exact) mass is 437 g/mol. The Balaban J connectivity index is 1.25. The quantitative estimate of drug-likeness (QED) is 0.661. The maximum Gasteiger partial charge on any atom is 0.258 e. The zero-order chi connectivity index (χ0) is 21.2. The lowest BCUT2D eigenvalue weighted by molar-refractivity contribution is 0.300. The number of halogens is 1. The molecule has 0 amide bonds. The summed E-state index contributed by atoms with van der Waals surface area (Å²) >= 11 is 5.84. The molecule has 3 aromatic heterocycles. The van der Waals surface area contributed by atoms with Gasteiger partial charge in [0.15, 0.2) is 0 Å². The van der Waals surface area contributed by atoms with Crippen molar-refractivity contribution >= 4 is 17.4 Å². The molecule has 0 saturated carbocycles. The summed E-state index contributed by atoms with van der Waals surface area (Å²) in [6.45, 7) is 3.41. The van der Waals surface area contributed by atoms with Crippen molar-refractivity contribution in [2.45, 2.75) is 25.5 Å². The molecular weight excluding hydrogens is 414 g/mol. The van der Waals surface area contributed by atoms with E-state index in [-0.39, 0.29) is 12.2 Å². The molecule has 3 aromatic rings. The Bertz CT molecular complexity index is 1100. The Labute approximate surface area is 185 Å². The molecule has 5 heterocycles. The van der Waals surface area contributed by atoms with Gasteiger partial charge >= 0.3 is 0 Å². The van der Waals surface area contributed by atoms with Gasteiger partial charge in [0.25, 0.3) is 5.56 Å². The van der Waals surface area contributed by atoms with E-state index in [1.54, 1.807) is 41.4 Å². The largest absolute Gasteiger partial charge is 0.487 e. The van der Waals surface area contributed by atoms with Gasteiger partial charge in [-0.1, -0.05) is 11.6 Å². The zero-order valence-electron chi connectivity index (χ0n) is 17.1. The van der Waals surface area contributed by atoms with Crippen LogP contribution in [0.1, 0.15) is 18.5 Å². The van der Waals surface area contributed by atoms with E-state index in [0.717, 1.165) is 42.8 Å². The SMILES string of the molecule is O=c1cc(OCc2ccc(Cl)cn2)ccn1-c1ccc(N2CC[C@@H]3CCN[C@@H]3C2)nc1. The third-order valence-electron chi connectivity index (χ3n) is 6.08. The van der Waals surface area contributed by atoms with Crippen LogP contribution in [0.4, 0.5) is 5.82 Å². The minimum Gasteiger partial charge on any atom is -0.487 e. The van der Waals surface area contributed by atoms with E-state index in [0.29, 0.717) is 16.8 Å². The molecule has 0 unspecified atom stereocenters. The summed E-state index contributed by atoms with van der Waals surface area (Å²) in [4.78, 5) is 23.8. The lowest BCUT2D eigenvalue weighted by atomic mass is 9.92. The van der Waals surface area contributed by atoms with Gasteiger partial charge in [0.1, 0.15) is 18.2 Å². The van der Waals surface area contributed by atoms with Crippen molar-refractivity contribution < 1.29 is 4.74 Å². The summed E-state index contributed by atoms with van der Waals surface area (Å²) < 4.78 is 7.25. The predicted molar refractivity (Wildman–Crippen MR) is 120 cm³/mol. The number of aromatic nitrogens is 3. The third kappa shape index (κ3) is 4.43. The maximum atomic E-state index is 12.6. The molecule has 0 aliphatic carbocycles. The van der Waals surface area contributed by atoms with Crippen LogP contribution in [0.3, 0.4) is 0 Å². The summed E-state index contributed by atoms with van der Waals surface area (Å²) in [5.74, 6) is 2.25. The third-order valence-corrected chi connectivity index (χ3v) is 6.30. The molecule has 0 spiro atoms. The number of nitrogens with zero attached hydrogens (tertiary/aromatic N) is 4. The molecule has 2 saturated heterocycles. The first-order valence-electron chi connectivity index (χ1n) is 10.6. The normalized spacial score (nSPS) is 20.5. The van der Waals surface area contributed by atoms with Crippen LogP contribution in [0.2, 0.25) is 5.02 Å². The van der Waals surface area contributed by atoms with E-state index in [1.807, 2.05) is 12.1 Å². The summed E-state index contributed by atoms with van der Waals surface area (Å²) in [6.07, 6.45) is 7.51. The van der Waals surface area contributed by atoms with Crippen molar-refractivity contribution in [3.8, 4) is 11.4 Å². The zero-order valence-corrected chi connectivity index (χ0v) is 17.8. The highest BCUT2D eigenvalue weighted by Crippen LogP contribution is 2.27. The molecule has 2 aliphatic heterocycles. The molecule has 0 radical (unpaired) electrons. The molecule has 8 heteroatoms. The van der Waals surface area contributed by atoms with E-state index < -0.39 is 0 Å². The van der Waals surface area contributed by atoms with Crippen LogP contribution in [-0.2, 0) is 6.61 Å². The molecule has 5 rings (SSSR count). The van der Waals surface area contributed by atoms with Gasteiger partial charge < -0.3 is 15.0 Å². The van der Waals surface area contributed by atoms with Crippen LogP contribution in [0, 0.1) is 5.92 Å². The van der Waals surface area contributed by atoms with E-state index in [4.69, 9.17) is 16.3 Å². The van der Waals surface area contributed by atoms with Crippen LogP contribution in [0.5, 0.6) is 5.75 Å². The summed E-state index contributed by atoms with van der Waals surface area (Å²) in [6, 6.07) is 11.3. The number of rotatable bonds is 5. The first kappa shape index (κ1) is 20.0. The highest BCUT2D eigenvalue weighted by atomic mass is 35.5. The Morgan fingerprint density at radius 2 is 2.06 bits per heavy atom. The molecule has 0 aromatic carbocycles. The smallest absolute Gasteiger partial charge is 0.258 e. The standard InChI is InChI=1S/C23H24ClN5O2/c24-17-1-2-18(26-12-17)15-31-20-7-10-29(23(30)11-20)19-3-4-22(27-13-19)28-9-6-16-5-8-25-21(16)14-28/h1-4,7,10-13,16,21,25H,5-6,8-9,14-15H2/t16-,21+/m0/s1. The second-order valence-electron chi connectivity index (χ2n) is 8.05. The molecule has 2 aliphatic rings. The fraction of sp³-hybridized carbons (Fsp3) is 0.348. The van der Waals surface area contributed by atoms with Crippen molar-refractivity contribution in [2.24, 2.45) is 5.92 Å². The number of anilines is 1. The Morgan fingerprint density at radius 3 is 2.84 bits per heavy atom. The average molecular weight is 438 g/mol. The molecule has 0 bridgehead atoms. The topological polar surface area (TPSA) is 72.3 Å². The van der Waals surface area contributed by atoms with Gasteiger partial charge in [0.2, 0.25) is 0 Å². The number of nitrogens with one attached hydrogen (secondary N) is 1. The lowest BCUT2D eigenvalue weighted by Crippen LogP contribution is -2.46. The van der Waals surface area contributed by atoms with E-state index >= 15 is 0 Å². The minimum absolute atomic E-state index is 0.174. The van der Waals surface area contributed by atoms with Gasteiger partial charge in [-0.15, -0.1) is 0 Å². The van der Waals surface area contributed by atoms with Crippen molar-refractivity contribution in [1.82, 2.24) is 19.9 Å². The first-order valence-corrected chi connectivity index (χ1v) is 10.9. The average Bonchev–Trinajstić information content (AvgIpc) is 3.27. The molecule has 31 heavy (non-hydrogen) atoms. The summed E-state index contributed by atoms with van der Waals surface area (Å²) in [5, 5.41) is 4.17. The van der Waals surface area contributed by atoms with Crippen molar-refractivity contribution in [3.05, 3.63) is 76.1 Å². The predicted octanol–water partition coefficient (Wildman–Crippen LogP) is 3.05. The number of hydrogen-bond donors (Lipinski definition) is 1. The molecule has 1 N–H and O–H groups in total.